The molecule has 150 valence electrons. The Balaban J connectivity index is 1.49. The van der Waals surface area contributed by atoms with Crippen LogP contribution in [0.15, 0.2) is 54.0 Å². The molecule has 5 rings (SSSR count). The van der Waals surface area contributed by atoms with Crippen LogP contribution in [0.2, 0.25) is 0 Å². The molecule has 9 heteroatoms. The average Bonchev–Trinajstić information content (AvgIpc) is 3.42. The molecule has 30 heavy (non-hydrogen) atoms. The molecule has 3 aromatic heterocycles. The summed E-state index contributed by atoms with van der Waals surface area (Å²) in [6, 6.07) is 13.6. The number of nitrogens with one attached hydrogen (secondary N) is 3. The summed E-state index contributed by atoms with van der Waals surface area (Å²) >= 11 is 1.59. The Morgan fingerprint density at radius 3 is 2.60 bits per heavy atom. The first-order valence-electron chi connectivity index (χ1n) is 9.18. The molecule has 0 amide bonds. The van der Waals surface area contributed by atoms with Crippen LogP contribution in [0.1, 0.15) is 0 Å². The highest BCUT2D eigenvalue weighted by molar-refractivity contribution is 7.17. The van der Waals surface area contributed by atoms with Gasteiger partial charge < -0.3 is 20.1 Å². The van der Waals surface area contributed by atoms with Gasteiger partial charge in [0.25, 0.3) is 0 Å². The van der Waals surface area contributed by atoms with Crippen molar-refractivity contribution in [3.63, 3.8) is 0 Å². The van der Waals surface area contributed by atoms with E-state index in [0.717, 1.165) is 38.3 Å². The molecule has 8 nitrogen and oxygen atoms in total. The van der Waals surface area contributed by atoms with Gasteiger partial charge in [-0.1, -0.05) is 0 Å². The monoisotopic (exact) mass is 418 g/mol. The summed E-state index contributed by atoms with van der Waals surface area (Å²) in [6.07, 6.45) is 1.80. The summed E-state index contributed by atoms with van der Waals surface area (Å²) in [5.74, 6) is 2.51. The van der Waals surface area contributed by atoms with Gasteiger partial charge in [0.1, 0.15) is 0 Å². The fraction of sp³-hybridized carbons (Fsp3) is 0.0952. The lowest BCUT2D eigenvalue weighted by atomic mass is 10.2. The molecule has 0 unspecified atom stereocenters. The number of benzene rings is 2. The summed E-state index contributed by atoms with van der Waals surface area (Å²) in [6.45, 7) is 0. The lowest BCUT2D eigenvalue weighted by Crippen LogP contribution is -2.01. The van der Waals surface area contributed by atoms with Crippen molar-refractivity contribution < 1.29 is 9.47 Å². The number of rotatable bonds is 6. The van der Waals surface area contributed by atoms with Gasteiger partial charge in [0.05, 0.1) is 36.1 Å². The number of ether oxygens (including phenoxy) is 2. The third-order valence-electron chi connectivity index (χ3n) is 4.65. The van der Waals surface area contributed by atoms with Crippen molar-refractivity contribution in [2.75, 3.05) is 24.9 Å². The molecule has 0 saturated heterocycles. The largest absolute Gasteiger partial charge is 0.493 e. The number of hydrogen-bond acceptors (Lipinski definition) is 8. The van der Waals surface area contributed by atoms with Crippen LogP contribution in [0, 0.1) is 0 Å². The van der Waals surface area contributed by atoms with Gasteiger partial charge in [0, 0.05) is 22.8 Å². The highest BCUT2D eigenvalue weighted by atomic mass is 32.1. The molecule has 0 spiro atoms. The van der Waals surface area contributed by atoms with Gasteiger partial charge in [0.15, 0.2) is 17.3 Å². The minimum atomic E-state index is 0.486. The molecule has 0 aliphatic heterocycles. The Hall–Kier alpha value is -3.85. The fourth-order valence-electron chi connectivity index (χ4n) is 3.20. The lowest BCUT2D eigenvalue weighted by molar-refractivity contribution is 0.355. The Kier molecular flexibility index (Phi) is 4.56. The molecule has 0 aliphatic carbocycles. The first-order valence-corrected chi connectivity index (χ1v) is 10.1. The van der Waals surface area contributed by atoms with Gasteiger partial charge in [-0.25, -0.2) is 4.98 Å². The molecule has 0 atom stereocenters. The average molecular weight is 418 g/mol. The van der Waals surface area contributed by atoms with E-state index in [2.05, 4.69) is 25.8 Å². The molecule has 0 radical (unpaired) electrons. The van der Waals surface area contributed by atoms with E-state index in [1.165, 1.54) is 0 Å². The first-order chi connectivity index (χ1) is 14.7. The summed E-state index contributed by atoms with van der Waals surface area (Å²) in [7, 11) is 3.21. The van der Waals surface area contributed by atoms with Crippen LogP contribution in [0.4, 0.5) is 23.1 Å². The van der Waals surface area contributed by atoms with Gasteiger partial charge in [0.2, 0.25) is 5.95 Å². The third kappa shape index (κ3) is 3.35. The molecule has 2 aromatic carbocycles. The van der Waals surface area contributed by atoms with Crippen LogP contribution in [0.25, 0.3) is 21.1 Å². The van der Waals surface area contributed by atoms with E-state index in [1.807, 2.05) is 47.8 Å². The lowest BCUT2D eigenvalue weighted by Gasteiger charge is -2.12. The van der Waals surface area contributed by atoms with Gasteiger partial charge in [-0.2, -0.15) is 10.1 Å². The van der Waals surface area contributed by atoms with Gasteiger partial charge in [-0.3, -0.25) is 5.10 Å². The minimum Gasteiger partial charge on any atom is -0.493 e. The van der Waals surface area contributed by atoms with Crippen molar-refractivity contribution in [3.8, 4) is 11.5 Å². The zero-order chi connectivity index (χ0) is 20.5. The van der Waals surface area contributed by atoms with Crippen molar-refractivity contribution in [1.82, 2.24) is 20.2 Å². The zero-order valence-corrected chi connectivity index (χ0v) is 17.1. The zero-order valence-electron chi connectivity index (χ0n) is 16.3. The Morgan fingerprint density at radius 2 is 1.73 bits per heavy atom. The maximum Gasteiger partial charge on any atom is 0.229 e. The summed E-state index contributed by atoms with van der Waals surface area (Å²) in [4.78, 5) is 9.34. The van der Waals surface area contributed by atoms with Crippen LogP contribution in [-0.4, -0.2) is 34.4 Å². The second-order valence-corrected chi connectivity index (χ2v) is 7.44. The van der Waals surface area contributed by atoms with Gasteiger partial charge in [-0.05, 0) is 41.8 Å². The normalized spacial score (nSPS) is 11.0. The predicted molar refractivity (Wildman–Crippen MR) is 120 cm³/mol. The summed E-state index contributed by atoms with van der Waals surface area (Å²) in [5.41, 5.74) is 3.58. The molecule has 0 bridgehead atoms. The van der Waals surface area contributed by atoms with Crippen LogP contribution >= 0.6 is 11.3 Å². The Bertz CT molecular complexity index is 1350. The van der Waals surface area contributed by atoms with Crippen molar-refractivity contribution in [3.05, 3.63) is 54.0 Å². The first kappa shape index (κ1) is 18.2. The highest BCUT2D eigenvalue weighted by Gasteiger charge is 2.12. The molecule has 0 saturated carbocycles. The van der Waals surface area contributed by atoms with E-state index in [4.69, 9.17) is 14.5 Å². The number of aromatic amines is 1. The SMILES string of the molecule is COc1ccc(Nc2nc(Nc3ccc4[nH]ncc4c3)c3sccc3n2)cc1OC. The minimum absolute atomic E-state index is 0.486. The van der Waals surface area contributed by atoms with Gasteiger partial charge >= 0.3 is 0 Å². The van der Waals surface area contributed by atoms with Gasteiger partial charge in [-0.15, -0.1) is 11.3 Å². The molecule has 5 aromatic rings. The Morgan fingerprint density at radius 1 is 0.900 bits per heavy atom. The van der Waals surface area contributed by atoms with E-state index in [1.54, 1.807) is 31.8 Å². The second-order valence-electron chi connectivity index (χ2n) is 6.52. The highest BCUT2D eigenvalue weighted by Crippen LogP contribution is 2.33. The van der Waals surface area contributed by atoms with E-state index >= 15 is 0 Å². The van der Waals surface area contributed by atoms with E-state index in [0.29, 0.717) is 17.4 Å². The predicted octanol–water partition coefficient (Wildman–Crippen LogP) is 5.07. The fourth-order valence-corrected chi connectivity index (χ4v) is 3.98. The maximum absolute atomic E-state index is 5.38. The standard InChI is InChI=1S/C21H18N6O2S/c1-28-17-6-4-14(10-18(17)29-2)24-21-25-16-7-8-30-19(16)20(26-21)23-13-3-5-15-12(9-13)11-22-27-15/h3-11H,1-2H3,(H,22,27)(H2,23,24,25,26). The third-order valence-corrected chi connectivity index (χ3v) is 5.56. The molecule has 3 N–H and O–H groups in total. The van der Waals surface area contributed by atoms with Crippen molar-refractivity contribution in [2.45, 2.75) is 0 Å². The van der Waals surface area contributed by atoms with E-state index in [-0.39, 0.29) is 0 Å². The maximum atomic E-state index is 5.38. The molecule has 0 fully saturated rings. The van der Waals surface area contributed by atoms with Crippen LogP contribution in [-0.2, 0) is 0 Å². The quantitative estimate of drug-likeness (QED) is 0.354. The van der Waals surface area contributed by atoms with Crippen molar-refractivity contribution in [2.24, 2.45) is 0 Å². The number of thiophene rings is 1. The second kappa shape index (κ2) is 7.53. The number of anilines is 4. The smallest absolute Gasteiger partial charge is 0.229 e. The number of methoxy groups -OCH3 is 2. The van der Waals surface area contributed by atoms with Crippen molar-refractivity contribution in [1.29, 1.82) is 0 Å². The summed E-state index contributed by atoms with van der Waals surface area (Å²) < 4.78 is 11.7. The number of H-pyrrole nitrogens is 1. The van der Waals surface area contributed by atoms with Crippen LogP contribution in [0.3, 0.4) is 0 Å². The number of hydrogen-bond donors (Lipinski definition) is 3. The number of fused-ring (bicyclic) bond motifs is 2. The number of nitrogens with zero attached hydrogens (tertiary/aromatic N) is 3. The summed E-state index contributed by atoms with van der Waals surface area (Å²) in [5, 5.41) is 16.7. The number of aromatic nitrogens is 4. The van der Waals surface area contributed by atoms with Crippen LogP contribution < -0.4 is 20.1 Å². The van der Waals surface area contributed by atoms with Crippen molar-refractivity contribution >= 4 is 55.6 Å². The Labute approximate surface area is 175 Å². The molecule has 3 heterocycles. The molecular formula is C21H18N6O2S. The molecular weight excluding hydrogens is 400 g/mol. The van der Waals surface area contributed by atoms with E-state index < -0.39 is 0 Å². The van der Waals surface area contributed by atoms with E-state index in [9.17, 15) is 0 Å². The van der Waals surface area contributed by atoms with Crippen LogP contribution in [0.5, 0.6) is 11.5 Å². The molecule has 0 aliphatic rings. The topological polar surface area (TPSA) is 97.0 Å².